The molecule has 0 saturated heterocycles. The van der Waals surface area contributed by atoms with Crippen LogP contribution in [-0.4, -0.2) is 15.0 Å². The van der Waals surface area contributed by atoms with E-state index in [1.807, 2.05) is 50.7 Å². The van der Waals surface area contributed by atoms with Crippen molar-refractivity contribution in [2.24, 2.45) is 0 Å². The zero-order valence-electron chi connectivity index (χ0n) is 14.0. The van der Waals surface area contributed by atoms with Gasteiger partial charge < -0.3 is 0 Å². The predicted molar refractivity (Wildman–Crippen MR) is 110 cm³/mol. The van der Waals surface area contributed by atoms with Gasteiger partial charge in [0.2, 0.25) is 0 Å². The molecule has 0 aliphatic heterocycles. The lowest BCUT2D eigenvalue weighted by atomic mass is 10.1. The van der Waals surface area contributed by atoms with Crippen LogP contribution in [0.4, 0.5) is 0 Å². The summed E-state index contributed by atoms with van der Waals surface area (Å²) in [4.78, 5) is 5.70. The molecule has 0 N–H and O–H groups in total. The number of hydrogen-bond donors (Lipinski definition) is 0. The molecule has 0 bridgehead atoms. The van der Waals surface area contributed by atoms with Gasteiger partial charge in [-0.1, -0.05) is 78.3 Å². The Morgan fingerprint density at radius 1 is 1.04 bits per heavy atom. The van der Waals surface area contributed by atoms with Gasteiger partial charge in [-0.2, -0.15) is 0 Å². The zero-order chi connectivity index (χ0) is 16.7. The van der Waals surface area contributed by atoms with Gasteiger partial charge in [-0.05, 0) is 47.0 Å². The van der Waals surface area contributed by atoms with E-state index in [1.165, 1.54) is 10.5 Å². The van der Waals surface area contributed by atoms with Gasteiger partial charge in [0.15, 0.2) is 0 Å². The summed E-state index contributed by atoms with van der Waals surface area (Å²) < 4.78 is 0.281. The molecule has 0 amide bonds. The topological polar surface area (TPSA) is 12.9 Å². The Morgan fingerprint density at radius 3 is 2.57 bits per heavy atom. The maximum atomic E-state index is 4.36. The van der Waals surface area contributed by atoms with Crippen molar-refractivity contribution in [3.63, 3.8) is 0 Å². The molecule has 5 heteroatoms. The number of pyridine rings is 1. The minimum atomic E-state index is 0.281. The normalized spacial score (nSPS) is 13.0. The summed E-state index contributed by atoms with van der Waals surface area (Å²) >= 11 is 0. The first-order valence-corrected chi connectivity index (χ1v) is 12.0. The summed E-state index contributed by atoms with van der Waals surface area (Å²) in [5, 5.41) is 1.63. The Morgan fingerprint density at radius 2 is 1.87 bits per heavy atom. The smallest absolute Gasteiger partial charge is 0.106 e. The van der Waals surface area contributed by atoms with Gasteiger partial charge in [-0.25, -0.2) is 4.98 Å². The first kappa shape index (κ1) is 19.1. The Bertz CT molecular complexity index is 595. The van der Waals surface area contributed by atoms with Crippen molar-refractivity contribution in [3.8, 4) is 0 Å². The molecule has 2 aromatic rings. The third kappa shape index (κ3) is 7.92. The molecule has 1 atom stereocenters. The van der Waals surface area contributed by atoms with Crippen molar-refractivity contribution in [1.82, 2.24) is 4.98 Å². The molecule has 1 nitrogen and oxygen atoms in total. The number of benzene rings is 1. The van der Waals surface area contributed by atoms with Crippen LogP contribution in [0.3, 0.4) is 0 Å². The molecule has 1 aromatic carbocycles. The van der Waals surface area contributed by atoms with Crippen LogP contribution in [0, 0.1) is 0 Å². The molecule has 2 rings (SSSR count). The van der Waals surface area contributed by atoms with Crippen molar-refractivity contribution >= 4 is 43.2 Å². The van der Waals surface area contributed by atoms with E-state index in [2.05, 4.69) is 63.0 Å². The fourth-order valence-electron chi connectivity index (χ4n) is 1.79. The average Bonchev–Trinajstić information content (AvgIpc) is 2.52. The highest BCUT2D eigenvalue weighted by atomic mass is 33.1. The van der Waals surface area contributed by atoms with Crippen molar-refractivity contribution in [2.75, 3.05) is 0 Å². The zero-order valence-corrected chi connectivity index (χ0v) is 17.2. The van der Waals surface area contributed by atoms with Crippen molar-refractivity contribution in [1.29, 1.82) is 0 Å². The Balaban J connectivity index is 1.84. The summed E-state index contributed by atoms with van der Waals surface area (Å²) in [5.41, 5.74) is 1.41. The lowest BCUT2D eigenvalue weighted by Gasteiger charge is -2.16. The number of aromatic nitrogens is 1. The van der Waals surface area contributed by atoms with E-state index in [0.717, 1.165) is 11.4 Å². The van der Waals surface area contributed by atoms with Crippen molar-refractivity contribution in [2.45, 2.75) is 54.0 Å². The lowest BCUT2D eigenvalue weighted by Crippen LogP contribution is -2.04. The second kappa shape index (κ2) is 9.30. The van der Waals surface area contributed by atoms with E-state index < -0.39 is 0 Å². The third-order valence-electron chi connectivity index (χ3n) is 2.75. The van der Waals surface area contributed by atoms with Gasteiger partial charge in [0, 0.05) is 21.1 Å². The molecule has 1 unspecified atom stereocenters. The van der Waals surface area contributed by atoms with E-state index in [9.17, 15) is 0 Å². The maximum absolute atomic E-state index is 4.36. The fourth-order valence-corrected chi connectivity index (χ4v) is 5.87. The largest absolute Gasteiger partial charge is 0.249 e. The molecule has 0 fully saturated rings. The van der Waals surface area contributed by atoms with Crippen LogP contribution < -0.4 is 0 Å². The van der Waals surface area contributed by atoms with Crippen LogP contribution in [-0.2, 0) is 6.42 Å². The Labute approximate surface area is 156 Å². The van der Waals surface area contributed by atoms with E-state index in [1.54, 1.807) is 10.8 Å². The highest BCUT2D eigenvalue weighted by molar-refractivity contribution is 8.77. The average molecular weight is 382 g/mol. The van der Waals surface area contributed by atoms with E-state index in [-0.39, 0.29) is 4.75 Å². The molecule has 0 saturated carbocycles. The molecule has 0 aliphatic carbocycles. The molecule has 0 radical (unpaired) electrons. The highest BCUT2D eigenvalue weighted by Crippen LogP contribution is 2.41. The molecular weight excluding hydrogens is 358 g/mol. The second-order valence-corrected chi connectivity index (χ2v) is 12.0. The number of rotatable bonds is 7. The molecule has 124 valence electrons. The quantitative estimate of drug-likeness (QED) is 0.478. The Hall–Kier alpha value is -0.230. The molecular formula is C18H23NS4. The van der Waals surface area contributed by atoms with Gasteiger partial charge >= 0.3 is 0 Å². The third-order valence-corrected chi connectivity index (χ3v) is 8.89. The van der Waals surface area contributed by atoms with E-state index in [4.69, 9.17) is 0 Å². The summed E-state index contributed by atoms with van der Waals surface area (Å²) in [6.45, 7) is 9.04. The number of hydrogen-bond acceptors (Lipinski definition) is 5. The van der Waals surface area contributed by atoms with Crippen LogP contribution in [0.25, 0.3) is 0 Å². The molecule has 23 heavy (non-hydrogen) atoms. The number of nitrogens with zero attached hydrogens (tertiary/aromatic N) is 1. The highest BCUT2D eigenvalue weighted by Gasteiger charge is 2.12. The SMILES string of the molecule is CC(Cc1cccc(SSC(C)(C)C)c1)SSc1ccccn1. The van der Waals surface area contributed by atoms with Crippen LogP contribution in [0.2, 0.25) is 0 Å². The fraction of sp³-hybridized carbons (Fsp3) is 0.389. The summed E-state index contributed by atoms with van der Waals surface area (Å²) in [7, 11) is 7.45. The van der Waals surface area contributed by atoms with E-state index in [0.29, 0.717) is 5.25 Å². The minimum Gasteiger partial charge on any atom is -0.249 e. The predicted octanol–water partition coefficient (Wildman–Crippen LogP) is 6.99. The molecule has 1 heterocycles. The monoisotopic (exact) mass is 381 g/mol. The summed E-state index contributed by atoms with van der Waals surface area (Å²) in [6.07, 6.45) is 2.93. The maximum Gasteiger partial charge on any atom is 0.106 e. The van der Waals surface area contributed by atoms with Gasteiger partial charge in [-0.3, -0.25) is 0 Å². The first-order valence-electron chi connectivity index (χ1n) is 7.61. The minimum absolute atomic E-state index is 0.281. The van der Waals surface area contributed by atoms with Gasteiger partial charge in [0.05, 0.1) is 0 Å². The molecule has 1 aromatic heterocycles. The van der Waals surface area contributed by atoms with Gasteiger partial charge in [-0.15, -0.1) is 0 Å². The standard InChI is InChI=1S/C18H23NS4/c1-14(20-22-17-10-5-6-11-19-17)12-15-8-7-9-16(13-15)21-23-18(2,3)4/h5-11,13-14H,12H2,1-4H3. The van der Waals surface area contributed by atoms with Gasteiger partial charge in [0.1, 0.15) is 5.03 Å². The Kier molecular flexibility index (Phi) is 7.73. The summed E-state index contributed by atoms with van der Waals surface area (Å²) in [5.74, 6) is 0. The van der Waals surface area contributed by atoms with Crippen LogP contribution in [0.1, 0.15) is 33.3 Å². The van der Waals surface area contributed by atoms with Crippen molar-refractivity contribution in [3.05, 3.63) is 54.2 Å². The lowest BCUT2D eigenvalue weighted by molar-refractivity contribution is 0.810. The van der Waals surface area contributed by atoms with Gasteiger partial charge in [0.25, 0.3) is 0 Å². The van der Waals surface area contributed by atoms with E-state index >= 15 is 0 Å². The van der Waals surface area contributed by atoms with Crippen LogP contribution in [0.15, 0.2) is 58.6 Å². The summed E-state index contributed by atoms with van der Waals surface area (Å²) in [6, 6.07) is 15.0. The van der Waals surface area contributed by atoms with Crippen LogP contribution in [0.5, 0.6) is 0 Å². The van der Waals surface area contributed by atoms with Crippen LogP contribution >= 0.6 is 43.2 Å². The molecule has 0 spiro atoms. The first-order chi connectivity index (χ1) is 10.9. The second-order valence-electron chi connectivity index (χ2n) is 6.29. The van der Waals surface area contributed by atoms with Crippen molar-refractivity contribution < 1.29 is 0 Å². The molecule has 0 aliphatic rings.